The molecule has 6 heteroatoms. The van der Waals surface area contributed by atoms with Gasteiger partial charge in [0.25, 0.3) is 10.2 Å². The SMILES string of the molecule is CNS(=O)(=O)NCC1(CN)CCCC1. The van der Waals surface area contributed by atoms with Crippen LogP contribution >= 0.6 is 0 Å². The Kier molecular flexibility index (Phi) is 3.88. The van der Waals surface area contributed by atoms with Crippen LogP contribution < -0.4 is 15.2 Å². The Bertz CT molecular complexity index is 270. The summed E-state index contributed by atoms with van der Waals surface area (Å²) in [5.41, 5.74) is 5.67. The lowest BCUT2D eigenvalue weighted by Crippen LogP contribution is -2.44. The lowest BCUT2D eigenvalue weighted by atomic mass is 9.87. The third kappa shape index (κ3) is 2.91. The predicted molar refractivity (Wildman–Crippen MR) is 55.9 cm³/mol. The van der Waals surface area contributed by atoms with Crippen LogP contribution in [0.2, 0.25) is 0 Å². The lowest BCUT2D eigenvalue weighted by Gasteiger charge is -2.26. The second kappa shape index (κ2) is 4.57. The van der Waals surface area contributed by atoms with Crippen molar-refractivity contribution in [3.05, 3.63) is 0 Å². The van der Waals surface area contributed by atoms with Crippen molar-refractivity contribution in [1.82, 2.24) is 9.44 Å². The first-order valence-electron chi connectivity index (χ1n) is 4.92. The zero-order valence-corrected chi connectivity index (χ0v) is 9.36. The molecule has 1 fully saturated rings. The molecule has 0 aromatic rings. The van der Waals surface area contributed by atoms with Crippen molar-refractivity contribution in [1.29, 1.82) is 0 Å². The van der Waals surface area contributed by atoms with E-state index in [0.717, 1.165) is 25.7 Å². The maximum atomic E-state index is 11.2. The van der Waals surface area contributed by atoms with Gasteiger partial charge in [0.1, 0.15) is 0 Å². The van der Waals surface area contributed by atoms with Gasteiger partial charge in [0.2, 0.25) is 0 Å². The molecule has 0 unspecified atom stereocenters. The number of hydrogen-bond acceptors (Lipinski definition) is 3. The second-order valence-electron chi connectivity index (χ2n) is 3.94. The Hall–Kier alpha value is -0.170. The molecule has 84 valence electrons. The number of hydrogen-bond donors (Lipinski definition) is 3. The molecular weight excluding hydrogens is 202 g/mol. The lowest BCUT2D eigenvalue weighted by molar-refractivity contribution is 0.309. The molecule has 14 heavy (non-hydrogen) atoms. The topological polar surface area (TPSA) is 84.2 Å². The maximum Gasteiger partial charge on any atom is 0.276 e. The van der Waals surface area contributed by atoms with Crippen molar-refractivity contribution in [2.24, 2.45) is 11.1 Å². The highest BCUT2D eigenvalue weighted by Crippen LogP contribution is 2.36. The van der Waals surface area contributed by atoms with Crippen LogP contribution in [0.15, 0.2) is 0 Å². The third-order valence-electron chi connectivity index (χ3n) is 3.00. The molecule has 0 spiro atoms. The molecule has 0 bridgehead atoms. The molecule has 1 aliphatic carbocycles. The molecule has 0 amide bonds. The van der Waals surface area contributed by atoms with Gasteiger partial charge in [0.05, 0.1) is 0 Å². The van der Waals surface area contributed by atoms with Gasteiger partial charge in [0.15, 0.2) is 0 Å². The van der Waals surface area contributed by atoms with Crippen molar-refractivity contribution in [3.8, 4) is 0 Å². The minimum atomic E-state index is -3.31. The molecule has 4 N–H and O–H groups in total. The first-order chi connectivity index (χ1) is 6.54. The molecule has 5 nitrogen and oxygen atoms in total. The standard InChI is InChI=1S/C8H19N3O2S/c1-10-14(12,13)11-7-8(6-9)4-2-3-5-8/h10-11H,2-7,9H2,1H3. The molecular formula is C8H19N3O2S. The second-order valence-corrected chi connectivity index (χ2v) is 5.64. The average Bonchev–Trinajstić information content (AvgIpc) is 2.65. The average molecular weight is 221 g/mol. The summed E-state index contributed by atoms with van der Waals surface area (Å²) in [4.78, 5) is 0. The van der Waals surface area contributed by atoms with Crippen LogP contribution in [-0.4, -0.2) is 28.6 Å². The van der Waals surface area contributed by atoms with Gasteiger partial charge < -0.3 is 5.73 Å². The van der Waals surface area contributed by atoms with Crippen molar-refractivity contribution in [3.63, 3.8) is 0 Å². The molecule has 0 atom stereocenters. The van der Waals surface area contributed by atoms with Crippen LogP contribution in [0.1, 0.15) is 25.7 Å². The quantitative estimate of drug-likeness (QED) is 0.588. The number of rotatable bonds is 5. The summed E-state index contributed by atoms with van der Waals surface area (Å²) >= 11 is 0. The zero-order valence-electron chi connectivity index (χ0n) is 8.54. The Morgan fingerprint density at radius 1 is 1.36 bits per heavy atom. The summed E-state index contributed by atoms with van der Waals surface area (Å²) in [5, 5.41) is 0. The maximum absolute atomic E-state index is 11.2. The van der Waals surface area contributed by atoms with E-state index in [9.17, 15) is 8.42 Å². The molecule has 0 aromatic carbocycles. The van der Waals surface area contributed by atoms with Crippen LogP contribution in [-0.2, 0) is 10.2 Å². The fourth-order valence-electron chi connectivity index (χ4n) is 1.90. The molecule has 1 aliphatic rings. The van der Waals surface area contributed by atoms with Crippen LogP contribution in [0.25, 0.3) is 0 Å². The van der Waals surface area contributed by atoms with Gasteiger partial charge in [-0.2, -0.15) is 8.42 Å². The van der Waals surface area contributed by atoms with E-state index >= 15 is 0 Å². The van der Waals surface area contributed by atoms with E-state index in [1.165, 1.54) is 7.05 Å². The van der Waals surface area contributed by atoms with Crippen LogP contribution in [0.3, 0.4) is 0 Å². The summed E-state index contributed by atoms with van der Waals surface area (Å²) in [5.74, 6) is 0. The smallest absolute Gasteiger partial charge is 0.276 e. The molecule has 1 saturated carbocycles. The van der Waals surface area contributed by atoms with E-state index in [1.807, 2.05) is 0 Å². The summed E-state index contributed by atoms with van der Waals surface area (Å²) in [6.07, 6.45) is 4.35. The van der Waals surface area contributed by atoms with Gasteiger partial charge in [-0.1, -0.05) is 12.8 Å². The van der Waals surface area contributed by atoms with Gasteiger partial charge in [-0.15, -0.1) is 0 Å². The van der Waals surface area contributed by atoms with Gasteiger partial charge in [-0.05, 0) is 24.8 Å². The summed E-state index contributed by atoms with van der Waals surface area (Å²) < 4.78 is 27.1. The van der Waals surface area contributed by atoms with Crippen LogP contribution in [0, 0.1) is 5.41 Å². The molecule has 0 aliphatic heterocycles. The van der Waals surface area contributed by atoms with E-state index in [-0.39, 0.29) is 5.41 Å². The van der Waals surface area contributed by atoms with E-state index in [2.05, 4.69) is 9.44 Å². The molecule has 0 heterocycles. The van der Waals surface area contributed by atoms with E-state index in [0.29, 0.717) is 13.1 Å². The Morgan fingerprint density at radius 3 is 2.36 bits per heavy atom. The molecule has 0 saturated heterocycles. The van der Waals surface area contributed by atoms with Gasteiger partial charge in [-0.25, -0.2) is 9.44 Å². The fraction of sp³-hybridized carbons (Fsp3) is 1.00. The fourth-order valence-corrected chi connectivity index (χ4v) is 2.54. The van der Waals surface area contributed by atoms with E-state index in [4.69, 9.17) is 5.73 Å². The summed E-state index contributed by atoms with van der Waals surface area (Å²) in [7, 11) is -1.92. The summed E-state index contributed by atoms with van der Waals surface area (Å²) in [6, 6.07) is 0. The molecule has 0 radical (unpaired) electrons. The largest absolute Gasteiger partial charge is 0.330 e. The van der Waals surface area contributed by atoms with E-state index in [1.54, 1.807) is 0 Å². The van der Waals surface area contributed by atoms with Crippen molar-refractivity contribution in [2.75, 3.05) is 20.1 Å². The highest BCUT2D eigenvalue weighted by Gasteiger charge is 2.33. The Morgan fingerprint density at radius 2 is 1.93 bits per heavy atom. The predicted octanol–water partition coefficient (Wildman–Crippen LogP) is -0.441. The Balaban J connectivity index is 2.50. The highest BCUT2D eigenvalue weighted by molar-refractivity contribution is 7.87. The number of nitrogens with two attached hydrogens (primary N) is 1. The highest BCUT2D eigenvalue weighted by atomic mass is 32.2. The van der Waals surface area contributed by atoms with Gasteiger partial charge >= 0.3 is 0 Å². The number of nitrogens with one attached hydrogen (secondary N) is 2. The van der Waals surface area contributed by atoms with Crippen molar-refractivity contribution >= 4 is 10.2 Å². The minimum absolute atomic E-state index is 0.01000. The summed E-state index contributed by atoms with van der Waals surface area (Å²) in [6.45, 7) is 1.01. The molecule has 1 rings (SSSR count). The Labute approximate surface area is 85.6 Å². The first kappa shape index (κ1) is 11.9. The van der Waals surface area contributed by atoms with Crippen molar-refractivity contribution < 1.29 is 8.42 Å². The van der Waals surface area contributed by atoms with Crippen LogP contribution in [0.5, 0.6) is 0 Å². The third-order valence-corrected chi connectivity index (χ3v) is 4.06. The van der Waals surface area contributed by atoms with Crippen molar-refractivity contribution in [2.45, 2.75) is 25.7 Å². The van der Waals surface area contributed by atoms with E-state index < -0.39 is 10.2 Å². The minimum Gasteiger partial charge on any atom is -0.330 e. The zero-order chi connectivity index (χ0) is 10.7. The van der Waals surface area contributed by atoms with Gasteiger partial charge in [-0.3, -0.25) is 0 Å². The van der Waals surface area contributed by atoms with Gasteiger partial charge in [0, 0.05) is 13.6 Å². The normalized spacial score (nSPS) is 21.3. The van der Waals surface area contributed by atoms with Crippen LogP contribution in [0.4, 0.5) is 0 Å². The monoisotopic (exact) mass is 221 g/mol. The molecule has 0 aromatic heterocycles. The first-order valence-corrected chi connectivity index (χ1v) is 6.40.